The number of halogens is 1. The molecular formula is C13H11BrN4O5S. The summed E-state index contributed by atoms with van der Waals surface area (Å²) in [5.74, 6) is -1.29. The molecule has 3 N–H and O–H groups in total. The molecule has 0 radical (unpaired) electrons. The summed E-state index contributed by atoms with van der Waals surface area (Å²) in [7, 11) is 0. The van der Waals surface area contributed by atoms with Crippen LogP contribution in [-0.2, 0) is 11.2 Å². The number of nitrogens with one attached hydrogen (secondary N) is 1. The van der Waals surface area contributed by atoms with E-state index in [1.165, 1.54) is 6.07 Å². The van der Waals surface area contributed by atoms with Crippen LogP contribution in [0, 0.1) is 10.1 Å². The van der Waals surface area contributed by atoms with Gasteiger partial charge in [-0.3, -0.25) is 15.2 Å². The summed E-state index contributed by atoms with van der Waals surface area (Å²) in [4.78, 5) is 25.5. The number of H-pyrrole nitrogens is 1. The van der Waals surface area contributed by atoms with Gasteiger partial charge < -0.3 is 10.2 Å². The fourth-order valence-electron chi connectivity index (χ4n) is 1.71. The van der Waals surface area contributed by atoms with Crippen molar-refractivity contribution in [2.45, 2.75) is 18.5 Å². The highest BCUT2D eigenvalue weighted by Crippen LogP contribution is 2.36. The normalized spacial score (nSPS) is 11.5. The van der Waals surface area contributed by atoms with Crippen LogP contribution < -0.4 is 0 Å². The van der Waals surface area contributed by atoms with E-state index in [1.807, 2.05) is 6.92 Å². The highest BCUT2D eigenvalue weighted by Gasteiger charge is 2.20. The van der Waals surface area contributed by atoms with Crippen molar-refractivity contribution in [3.05, 3.63) is 43.0 Å². The molecule has 9 nitrogen and oxygen atoms in total. The molecule has 0 saturated heterocycles. The number of nitro groups is 1. The molecule has 1 heterocycles. The first-order valence-electron chi connectivity index (χ1n) is 6.52. The van der Waals surface area contributed by atoms with Gasteiger partial charge in [0.1, 0.15) is 10.7 Å². The minimum atomic E-state index is -1.27. The van der Waals surface area contributed by atoms with E-state index in [2.05, 4.69) is 31.1 Å². The van der Waals surface area contributed by atoms with E-state index in [0.29, 0.717) is 16.7 Å². The van der Waals surface area contributed by atoms with Crippen molar-refractivity contribution < 1.29 is 19.9 Å². The third-order valence-corrected chi connectivity index (χ3v) is 4.16. The summed E-state index contributed by atoms with van der Waals surface area (Å²) in [6.07, 6.45) is 1.74. The SMILES string of the molecule is CCc1nc(S/C(=C\c2cc(Br)cc([N+](=O)[O-])c2O)C(=O)O)n[nH]1. The Labute approximate surface area is 148 Å². The maximum Gasteiger partial charge on any atom is 0.342 e. The predicted molar refractivity (Wildman–Crippen MR) is 89.7 cm³/mol. The topological polar surface area (TPSA) is 142 Å². The van der Waals surface area contributed by atoms with Gasteiger partial charge in [-0.25, -0.2) is 9.78 Å². The van der Waals surface area contributed by atoms with Gasteiger partial charge in [0.05, 0.1) is 4.92 Å². The number of carbonyl (C=O) groups is 1. The molecule has 0 atom stereocenters. The summed E-state index contributed by atoms with van der Waals surface area (Å²) in [5.41, 5.74) is -0.538. The number of benzene rings is 1. The molecule has 1 aromatic heterocycles. The molecule has 0 amide bonds. The zero-order chi connectivity index (χ0) is 17.9. The van der Waals surface area contributed by atoms with Crippen molar-refractivity contribution in [3.8, 4) is 5.75 Å². The zero-order valence-electron chi connectivity index (χ0n) is 12.2. The highest BCUT2D eigenvalue weighted by molar-refractivity contribution is 9.10. The van der Waals surface area contributed by atoms with Crippen molar-refractivity contribution in [2.75, 3.05) is 0 Å². The van der Waals surface area contributed by atoms with Gasteiger partial charge >= 0.3 is 11.7 Å². The number of hydrogen-bond acceptors (Lipinski definition) is 7. The third-order valence-electron chi connectivity index (χ3n) is 2.83. The zero-order valence-corrected chi connectivity index (χ0v) is 14.6. The van der Waals surface area contributed by atoms with Gasteiger partial charge in [0.15, 0.2) is 0 Å². The van der Waals surface area contributed by atoms with E-state index in [0.717, 1.165) is 23.9 Å². The molecule has 0 fully saturated rings. The average Bonchev–Trinajstić information content (AvgIpc) is 2.97. The van der Waals surface area contributed by atoms with Gasteiger partial charge in [-0.05, 0) is 23.9 Å². The highest BCUT2D eigenvalue weighted by atomic mass is 79.9. The summed E-state index contributed by atoms with van der Waals surface area (Å²) < 4.78 is 0.333. The van der Waals surface area contributed by atoms with Crippen molar-refractivity contribution in [2.24, 2.45) is 0 Å². The van der Waals surface area contributed by atoms with E-state index in [9.17, 15) is 25.1 Å². The van der Waals surface area contributed by atoms with E-state index < -0.39 is 22.3 Å². The number of carboxylic acids is 1. The molecule has 0 bridgehead atoms. The number of hydrogen-bond donors (Lipinski definition) is 3. The lowest BCUT2D eigenvalue weighted by Crippen LogP contribution is -1.98. The number of rotatable bonds is 6. The standard InChI is InChI=1S/C13H11BrN4O5S/c1-2-10-15-13(17-16-10)24-9(12(20)21)4-6-3-7(14)5-8(11(6)19)18(22)23/h3-5,19H,2H2,1H3,(H,20,21)(H,15,16,17)/b9-4-. The van der Waals surface area contributed by atoms with Crippen LogP contribution in [0.5, 0.6) is 5.75 Å². The van der Waals surface area contributed by atoms with Crippen LogP contribution in [0.3, 0.4) is 0 Å². The number of aliphatic carboxylic acids is 1. The molecule has 0 spiro atoms. The summed E-state index contributed by atoms with van der Waals surface area (Å²) in [5, 5.41) is 37.0. The second-order valence-electron chi connectivity index (χ2n) is 4.45. The van der Waals surface area contributed by atoms with Gasteiger partial charge in [-0.15, -0.1) is 5.10 Å². The van der Waals surface area contributed by atoms with Crippen LogP contribution in [0.4, 0.5) is 5.69 Å². The van der Waals surface area contributed by atoms with E-state index in [-0.39, 0.29) is 15.6 Å². The molecule has 0 saturated carbocycles. The second kappa shape index (κ2) is 7.45. The summed E-state index contributed by atoms with van der Waals surface area (Å²) in [6.45, 7) is 1.86. The smallest absolute Gasteiger partial charge is 0.342 e. The lowest BCUT2D eigenvalue weighted by atomic mass is 10.1. The molecule has 24 heavy (non-hydrogen) atoms. The van der Waals surface area contributed by atoms with Crippen molar-refractivity contribution in [1.82, 2.24) is 15.2 Å². The Bertz CT molecular complexity index is 836. The maximum atomic E-state index is 11.4. The average molecular weight is 415 g/mol. The molecule has 0 unspecified atom stereocenters. The molecule has 11 heteroatoms. The van der Waals surface area contributed by atoms with Gasteiger partial charge in [-0.1, -0.05) is 22.9 Å². The Morgan fingerprint density at radius 2 is 2.25 bits per heavy atom. The largest absolute Gasteiger partial charge is 0.502 e. The number of nitro benzene ring substituents is 1. The number of aromatic amines is 1. The number of nitrogens with zero attached hydrogens (tertiary/aromatic N) is 3. The van der Waals surface area contributed by atoms with E-state index in [4.69, 9.17) is 0 Å². The molecule has 2 aromatic rings. The van der Waals surface area contributed by atoms with Crippen LogP contribution in [0.15, 0.2) is 26.7 Å². The number of phenolic OH excluding ortho intramolecular Hbond substituents is 1. The lowest BCUT2D eigenvalue weighted by Gasteiger charge is -2.04. The minimum absolute atomic E-state index is 0.00720. The number of phenols is 1. The Hall–Kier alpha value is -2.40. The number of aromatic hydroxyl groups is 1. The van der Waals surface area contributed by atoms with Gasteiger partial charge in [0.25, 0.3) is 0 Å². The third kappa shape index (κ3) is 4.11. The van der Waals surface area contributed by atoms with Crippen LogP contribution in [-0.4, -0.2) is 36.3 Å². The Balaban J connectivity index is 2.44. The quantitative estimate of drug-likeness (QED) is 0.283. The molecular weight excluding hydrogens is 404 g/mol. The molecule has 1 aromatic carbocycles. The van der Waals surface area contributed by atoms with Gasteiger partial charge in [0.2, 0.25) is 10.9 Å². The molecule has 0 aliphatic heterocycles. The summed E-state index contributed by atoms with van der Waals surface area (Å²) >= 11 is 3.86. The monoisotopic (exact) mass is 414 g/mol. The summed E-state index contributed by atoms with van der Waals surface area (Å²) in [6, 6.07) is 2.50. The van der Waals surface area contributed by atoms with Crippen molar-refractivity contribution >= 4 is 45.4 Å². The Morgan fingerprint density at radius 3 is 2.79 bits per heavy atom. The maximum absolute atomic E-state index is 11.4. The van der Waals surface area contributed by atoms with Crippen LogP contribution in [0.25, 0.3) is 6.08 Å². The second-order valence-corrected chi connectivity index (χ2v) is 6.38. The van der Waals surface area contributed by atoms with Crippen LogP contribution in [0.2, 0.25) is 0 Å². The molecule has 2 rings (SSSR count). The first-order valence-corrected chi connectivity index (χ1v) is 8.13. The van der Waals surface area contributed by atoms with Crippen LogP contribution >= 0.6 is 27.7 Å². The van der Waals surface area contributed by atoms with Gasteiger partial charge in [-0.2, -0.15) is 0 Å². The van der Waals surface area contributed by atoms with Crippen molar-refractivity contribution in [1.29, 1.82) is 0 Å². The predicted octanol–water partition coefficient (Wildman–Crippen LogP) is 2.96. The first-order chi connectivity index (χ1) is 11.3. The fraction of sp³-hybridized carbons (Fsp3) is 0.154. The number of aromatic nitrogens is 3. The Kier molecular flexibility index (Phi) is 5.57. The molecule has 0 aliphatic carbocycles. The fourth-order valence-corrected chi connectivity index (χ4v) is 2.89. The first kappa shape index (κ1) is 17.9. The number of aryl methyl sites for hydroxylation is 1. The number of carboxylic acid groups (broad SMARTS) is 1. The van der Waals surface area contributed by atoms with Crippen molar-refractivity contribution in [3.63, 3.8) is 0 Å². The van der Waals surface area contributed by atoms with Crippen LogP contribution in [0.1, 0.15) is 18.3 Å². The number of thioether (sulfide) groups is 1. The lowest BCUT2D eigenvalue weighted by molar-refractivity contribution is -0.385. The molecule has 126 valence electrons. The molecule has 0 aliphatic rings. The Morgan fingerprint density at radius 1 is 1.54 bits per heavy atom. The minimum Gasteiger partial charge on any atom is -0.502 e. The van der Waals surface area contributed by atoms with E-state index >= 15 is 0 Å². The van der Waals surface area contributed by atoms with Gasteiger partial charge in [0, 0.05) is 22.5 Å². The van der Waals surface area contributed by atoms with E-state index in [1.54, 1.807) is 0 Å².